The summed E-state index contributed by atoms with van der Waals surface area (Å²) in [7, 11) is 0. The molecule has 0 radical (unpaired) electrons. The smallest absolute Gasteiger partial charge is 0.225 e. The number of carbonyl (C=O) groups is 1. The molecule has 1 saturated heterocycles. The standard InChI is InChI=1S/C16H25N3.C2H4O/c1-13-7-9-19(10-8-13)16-17-11-15(12-18-16)14-5-3-2-4-6-14;1-2-3/h11-14H,2-10H2,1H3;2H,1H3. The monoisotopic (exact) mass is 303 g/mol. The highest BCUT2D eigenvalue weighted by Gasteiger charge is 2.19. The van der Waals surface area contributed by atoms with Gasteiger partial charge in [0.25, 0.3) is 0 Å². The van der Waals surface area contributed by atoms with Crippen molar-refractivity contribution in [3.63, 3.8) is 0 Å². The Morgan fingerprint density at radius 1 is 1.05 bits per heavy atom. The van der Waals surface area contributed by atoms with Crippen LogP contribution in [0.15, 0.2) is 12.4 Å². The van der Waals surface area contributed by atoms with Crippen LogP contribution in [0.3, 0.4) is 0 Å². The molecule has 4 nitrogen and oxygen atoms in total. The van der Waals surface area contributed by atoms with Crippen LogP contribution in [0, 0.1) is 5.92 Å². The number of nitrogens with zero attached hydrogens (tertiary/aromatic N) is 3. The normalized spacial score (nSPS) is 20.2. The molecule has 0 amide bonds. The van der Waals surface area contributed by atoms with Gasteiger partial charge in [0.15, 0.2) is 0 Å². The minimum Gasteiger partial charge on any atom is -0.341 e. The summed E-state index contributed by atoms with van der Waals surface area (Å²) in [6.45, 7) is 6.01. The third kappa shape index (κ3) is 4.79. The highest BCUT2D eigenvalue weighted by Crippen LogP contribution is 2.32. The molecule has 0 unspecified atom stereocenters. The Morgan fingerprint density at radius 2 is 1.59 bits per heavy atom. The zero-order valence-corrected chi connectivity index (χ0v) is 14.0. The van der Waals surface area contributed by atoms with Crippen molar-refractivity contribution in [2.24, 2.45) is 5.92 Å². The maximum atomic E-state index is 8.81. The zero-order valence-electron chi connectivity index (χ0n) is 14.0. The van der Waals surface area contributed by atoms with Crippen molar-refractivity contribution in [2.75, 3.05) is 18.0 Å². The van der Waals surface area contributed by atoms with Gasteiger partial charge in [0.1, 0.15) is 6.29 Å². The lowest BCUT2D eigenvalue weighted by atomic mass is 9.85. The molecule has 0 aromatic carbocycles. The lowest BCUT2D eigenvalue weighted by Crippen LogP contribution is -2.34. The lowest BCUT2D eigenvalue weighted by molar-refractivity contribution is -0.106. The van der Waals surface area contributed by atoms with Crippen LogP contribution < -0.4 is 4.90 Å². The quantitative estimate of drug-likeness (QED) is 0.776. The van der Waals surface area contributed by atoms with Gasteiger partial charge in [-0.1, -0.05) is 26.2 Å². The van der Waals surface area contributed by atoms with E-state index in [4.69, 9.17) is 4.79 Å². The van der Waals surface area contributed by atoms with Crippen molar-refractivity contribution in [3.8, 4) is 0 Å². The van der Waals surface area contributed by atoms with E-state index in [-0.39, 0.29) is 0 Å². The first-order chi connectivity index (χ1) is 10.7. The van der Waals surface area contributed by atoms with Crippen molar-refractivity contribution in [3.05, 3.63) is 18.0 Å². The van der Waals surface area contributed by atoms with Crippen LogP contribution in [0.2, 0.25) is 0 Å². The van der Waals surface area contributed by atoms with E-state index in [0.29, 0.717) is 5.92 Å². The van der Waals surface area contributed by atoms with Gasteiger partial charge in [-0.2, -0.15) is 0 Å². The van der Waals surface area contributed by atoms with E-state index < -0.39 is 0 Å². The molecule has 22 heavy (non-hydrogen) atoms. The molecule has 4 heteroatoms. The summed E-state index contributed by atoms with van der Waals surface area (Å²) in [4.78, 5) is 20.4. The fourth-order valence-electron chi connectivity index (χ4n) is 3.35. The molecule has 1 aliphatic carbocycles. The number of aromatic nitrogens is 2. The number of aldehydes is 1. The van der Waals surface area contributed by atoms with Crippen LogP contribution in [-0.4, -0.2) is 29.3 Å². The van der Waals surface area contributed by atoms with Crippen molar-refractivity contribution in [2.45, 2.75) is 64.7 Å². The Labute approximate surface area is 134 Å². The summed E-state index contributed by atoms with van der Waals surface area (Å²) in [6.07, 6.45) is 14.2. The largest absolute Gasteiger partial charge is 0.341 e. The first kappa shape index (κ1) is 16.9. The number of rotatable bonds is 2. The topological polar surface area (TPSA) is 46.1 Å². The molecule has 1 aliphatic heterocycles. The predicted molar refractivity (Wildman–Crippen MR) is 90.2 cm³/mol. The molecule has 1 saturated carbocycles. The zero-order chi connectivity index (χ0) is 15.8. The van der Waals surface area contributed by atoms with Crippen LogP contribution >= 0.6 is 0 Å². The Bertz CT molecular complexity index is 432. The molecule has 2 fully saturated rings. The SMILES string of the molecule is CC1CCN(c2ncc(C3CCCCC3)cn2)CC1.CC=O. The second-order valence-electron chi connectivity index (χ2n) is 6.56. The third-order valence-electron chi connectivity index (χ3n) is 4.80. The van der Waals surface area contributed by atoms with Crippen molar-refractivity contribution < 1.29 is 4.79 Å². The van der Waals surface area contributed by atoms with Gasteiger partial charge in [-0.15, -0.1) is 0 Å². The second-order valence-corrected chi connectivity index (χ2v) is 6.56. The summed E-state index contributed by atoms with van der Waals surface area (Å²) >= 11 is 0. The van der Waals surface area contributed by atoms with E-state index >= 15 is 0 Å². The van der Waals surface area contributed by atoms with Crippen LogP contribution in [0.25, 0.3) is 0 Å². The number of anilines is 1. The molecule has 1 aromatic rings. The maximum absolute atomic E-state index is 8.81. The van der Waals surface area contributed by atoms with Crippen LogP contribution in [0.4, 0.5) is 5.95 Å². The van der Waals surface area contributed by atoms with E-state index in [1.807, 2.05) is 0 Å². The molecule has 0 atom stereocenters. The van der Waals surface area contributed by atoms with Gasteiger partial charge in [0, 0.05) is 25.5 Å². The van der Waals surface area contributed by atoms with E-state index in [1.54, 1.807) is 0 Å². The number of hydrogen-bond acceptors (Lipinski definition) is 4. The number of carbonyl (C=O) groups excluding carboxylic acids is 1. The Morgan fingerprint density at radius 3 is 2.14 bits per heavy atom. The van der Waals surface area contributed by atoms with Crippen LogP contribution in [-0.2, 0) is 4.79 Å². The average Bonchev–Trinajstić information content (AvgIpc) is 2.57. The summed E-state index contributed by atoms with van der Waals surface area (Å²) in [5.74, 6) is 2.51. The number of hydrogen-bond donors (Lipinski definition) is 0. The first-order valence-corrected chi connectivity index (χ1v) is 8.71. The molecule has 0 N–H and O–H groups in total. The minimum absolute atomic E-state index is 0.712. The van der Waals surface area contributed by atoms with Crippen molar-refractivity contribution >= 4 is 12.2 Å². The molecule has 1 aromatic heterocycles. The Hall–Kier alpha value is -1.45. The molecule has 3 rings (SSSR count). The van der Waals surface area contributed by atoms with Gasteiger partial charge in [0.2, 0.25) is 5.95 Å². The fraction of sp³-hybridized carbons (Fsp3) is 0.722. The summed E-state index contributed by atoms with van der Waals surface area (Å²) in [5.41, 5.74) is 1.36. The van der Waals surface area contributed by atoms with Crippen LogP contribution in [0.5, 0.6) is 0 Å². The van der Waals surface area contributed by atoms with Crippen LogP contribution in [0.1, 0.15) is 70.3 Å². The molecular weight excluding hydrogens is 274 g/mol. The van der Waals surface area contributed by atoms with E-state index in [9.17, 15) is 0 Å². The van der Waals surface area contributed by atoms with Crippen molar-refractivity contribution in [1.29, 1.82) is 0 Å². The predicted octanol–water partition coefficient (Wildman–Crippen LogP) is 3.97. The highest BCUT2D eigenvalue weighted by molar-refractivity contribution is 5.44. The molecular formula is C18H29N3O. The van der Waals surface area contributed by atoms with Gasteiger partial charge < -0.3 is 9.69 Å². The summed E-state index contributed by atoms with van der Waals surface area (Å²) < 4.78 is 0. The summed E-state index contributed by atoms with van der Waals surface area (Å²) in [6, 6.07) is 0. The Kier molecular flexibility index (Phi) is 6.81. The van der Waals surface area contributed by atoms with Gasteiger partial charge in [0.05, 0.1) is 0 Å². The molecule has 0 bridgehead atoms. The molecule has 122 valence electrons. The number of piperidine rings is 1. The van der Waals surface area contributed by atoms with Gasteiger partial charge in [-0.05, 0) is 50.0 Å². The Balaban J connectivity index is 0.000000545. The lowest BCUT2D eigenvalue weighted by Gasteiger charge is -2.30. The summed E-state index contributed by atoms with van der Waals surface area (Å²) in [5, 5.41) is 0. The maximum Gasteiger partial charge on any atom is 0.225 e. The van der Waals surface area contributed by atoms with E-state index in [0.717, 1.165) is 31.2 Å². The molecule has 2 heterocycles. The van der Waals surface area contributed by atoms with E-state index in [1.165, 1.54) is 57.4 Å². The third-order valence-corrected chi connectivity index (χ3v) is 4.80. The minimum atomic E-state index is 0.712. The van der Waals surface area contributed by atoms with Gasteiger partial charge in [-0.3, -0.25) is 0 Å². The van der Waals surface area contributed by atoms with Crippen molar-refractivity contribution in [1.82, 2.24) is 9.97 Å². The fourth-order valence-corrected chi connectivity index (χ4v) is 3.35. The van der Waals surface area contributed by atoms with Gasteiger partial charge >= 0.3 is 0 Å². The van der Waals surface area contributed by atoms with E-state index in [2.05, 4.69) is 34.2 Å². The highest BCUT2D eigenvalue weighted by atomic mass is 16.1. The molecule has 0 spiro atoms. The first-order valence-electron chi connectivity index (χ1n) is 8.71. The second kappa shape index (κ2) is 8.86. The average molecular weight is 303 g/mol. The molecule has 2 aliphatic rings. The van der Waals surface area contributed by atoms with Gasteiger partial charge in [-0.25, -0.2) is 9.97 Å².